The van der Waals surface area contributed by atoms with Gasteiger partial charge in [-0.1, -0.05) is 0 Å². The molecule has 0 bridgehead atoms. The number of aliphatic hydroxyl groups excluding tert-OH is 1. The van der Waals surface area contributed by atoms with Gasteiger partial charge in [0, 0.05) is 16.3 Å². The maximum absolute atomic E-state index is 11.9. The van der Waals surface area contributed by atoms with Gasteiger partial charge in [0.25, 0.3) is 0 Å². The van der Waals surface area contributed by atoms with E-state index in [9.17, 15) is 14.7 Å². The number of alkyl carbamates (subject to hydrolysis) is 1. The Balaban J connectivity index is 1.90. The molecule has 1 saturated carbocycles. The Labute approximate surface area is 158 Å². The standard InChI is InChI=1S/C19H29NO5S/c1-11-14(17(22)24-5)10-26-16(11)15(21)12-6-8-13(9-7-12)20-18(23)25-19(2,3)4/h10,12-13,15,21H,6-9H2,1-5H3,(H,20,23)/t12-,13+,15?. The van der Waals surface area contributed by atoms with E-state index < -0.39 is 17.8 Å². The van der Waals surface area contributed by atoms with E-state index in [4.69, 9.17) is 9.47 Å². The van der Waals surface area contributed by atoms with Crippen molar-refractivity contribution in [2.24, 2.45) is 5.92 Å². The Morgan fingerprint density at radius 3 is 2.42 bits per heavy atom. The van der Waals surface area contributed by atoms with Gasteiger partial charge in [-0.2, -0.15) is 0 Å². The molecule has 1 unspecified atom stereocenters. The number of nitrogens with one attached hydrogen (secondary N) is 1. The van der Waals surface area contributed by atoms with Gasteiger partial charge >= 0.3 is 12.1 Å². The van der Waals surface area contributed by atoms with Crippen LogP contribution in [0.4, 0.5) is 4.79 Å². The van der Waals surface area contributed by atoms with E-state index in [0.717, 1.165) is 36.1 Å². The van der Waals surface area contributed by atoms with Crippen molar-refractivity contribution >= 4 is 23.4 Å². The first-order valence-electron chi connectivity index (χ1n) is 8.96. The number of hydrogen-bond donors (Lipinski definition) is 2. The lowest BCUT2D eigenvalue weighted by Crippen LogP contribution is -2.41. The number of methoxy groups -OCH3 is 1. The summed E-state index contributed by atoms with van der Waals surface area (Å²) in [5.41, 5.74) is 0.807. The van der Waals surface area contributed by atoms with Crippen molar-refractivity contribution in [2.45, 2.75) is 71.1 Å². The van der Waals surface area contributed by atoms with Crippen LogP contribution in [0.15, 0.2) is 5.38 Å². The molecule has 0 aliphatic heterocycles. The number of rotatable bonds is 4. The zero-order chi connectivity index (χ0) is 19.5. The lowest BCUT2D eigenvalue weighted by atomic mass is 9.81. The number of esters is 1. The molecule has 1 fully saturated rings. The Bertz CT molecular complexity index is 641. The summed E-state index contributed by atoms with van der Waals surface area (Å²) in [6.07, 6.45) is 2.24. The lowest BCUT2D eigenvalue weighted by molar-refractivity contribution is 0.0452. The van der Waals surface area contributed by atoms with Gasteiger partial charge in [-0.05, 0) is 64.9 Å². The van der Waals surface area contributed by atoms with Crippen molar-refractivity contribution in [1.29, 1.82) is 0 Å². The van der Waals surface area contributed by atoms with E-state index in [0.29, 0.717) is 5.56 Å². The Kier molecular flexibility index (Phi) is 6.69. The van der Waals surface area contributed by atoms with Crippen LogP contribution < -0.4 is 5.32 Å². The molecule has 6 nitrogen and oxygen atoms in total. The molecule has 2 N–H and O–H groups in total. The van der Waals surface area contributed by atoms with Gasteiger partial charge in [0.2, 0.25) is 0 Å². The van der Waals surface area contributed by atoms with Crippen molar-refractivity contribution in [3.05, 3.63) is 21.4 Å². The largest absolute Gasteiger partial charge is 0.465 e. The lowest BCUT2D eigenvalue weighted by Gasteiger charge is -2.32. The highest BCUT2D eigenvalue weighted by Crippen LogP contribution is 2.39. The van der Waals surface area contributed by atoms with Crippen molar-refractivity contribution in [1.82, 2.24) is 5.32 Å². The highest BCUT2D eigenvalue weighted by molar-refractivity contribution is 7.10. The molecular weight excluding hydrogens is 354 g/mol. The van der Waals surface area contributed by atoms with E-state index >= 15 is 0 Å². The van der Waals surface area contributed by atoms with Crippen molar-refractivity contribution in [3.8, 4) is 0 Å². The molecule has 0 aromatic carbocycles. The van der Waals surface area contributed by atoms with Crippen molar-refractivity contribution < 1.29 is 24.2 Å². The average Bonchev–Trinajstić information content (AvgIpc) is 2.94. The van der Waals surface area contributed by atoms with Crippen LogP contribution in [0.5, 0.6) is 0 Å². The first-order valence-corrected chi connectivity index (χ1v) is 9.84. The maximum atomic E-state index is 11.9. The molecule has 26 heavy (non-hydrogen) atoms. The summed E-state index contributed by atoms with van der Waals surface area (Å²) in [4.78, 5) is 24.4. The van der Waals surface area contributed by atoms with Gasteiger partial charge in [-0.15, -0.1) is 11.3 Å². The molecule has 1 aromatic rings. The molecule has 2 rings (SSSR count). The summed E-state index contributed by atoms with van der Waals surface area (Å²) in [6, 6.07) is 0.0726. The van der Waals surface area contributed by atoms with Crippen molar-refractivity contribution in [2.75, 3.05) is 7.11 Å². The maximum Gasteiger partial charge on any atom is 0.407 e. The number of hydrogen-bond acceptors (Lipinski definition) is 6. The van der Waals surface area contributed by atoms with Gasteiger partial charge in [0.1, 0.15) is 5.60 Å². The summed E-state index contributed by atoms with van der Waals surface area (Å²) in [7, 11) is 1.36. The van der Waals surface area contributed by atoms with Crippen LogP contribution in [0.3, 0.4) is 0 Å². The molecule has 1 amide bonds. The highest BCUT2D eigenvalue weighted by Gasteiger charge is 2.31. The summed E-state index contributed by atoms with van der Waals surface area (Å²) in [6.45, 7) is 7.36. The summed E-state index contributed by atoms with van der Waals surface area (Å²) in [5.74, 6) is -0.253. The third kappa shape index (κ3) is 5.20. The third-order valence-electron chi connectivity index (χ3n) is 4.69. The molecule has 0 saturated heterocycles. The number of carbonyl (C=O) groups excluding carboxylic acids is 2. The van der Waals surface area contributed by atoms with Crippen LogP contribution in [0, 0.1) is 12.8 Å². The smallest absolute Gasteiger partial charge is 0.407 e. The van der Waals surface area contributed by atoms with E-state index in [-0.39, 0.29) is 17.9 Å². The van der Waals surface area contributed by atoms with Crippen LogP contribution in [-0.2, 0) is 9.47 Å². The summed E-state index contributed by atoms with van der Waals surface area (Å²) >= 11 is 1.40. The van der Waals surface area contributed by atoms with Gasteiger partial charge < -0.3 is 19.9 Å². The number of carbonyl (C=O) groups is 2. The zero-order valence-electron chi connectivity index (χ0n) is 16.1. The molecule has 1 aliphatic carbocycles. The average molecular weight is 384 g/mol. The monoisotopic (exact) mass is 383 g/mol. The highest BCUT2D eigenvalue weighted by atomic mass is 32.1. The summed E-state index contributed by atoms with van der Waals surface area (Å²) < 4.78 is 10.1. The number of aliphatic hydroxyl groups is 1. The third-order valence-corrected chi connectivity index (χ3v) is 5.85. The zero-order valence-corrected chi connectivity index (χ0v) is 16.9. The molecule has 0 spiro atoms. The molecule has 1 aliphatic rings. The molecule has 7 heteroatoms. The van der Waals surface area contributed by atoms with Crippen LogP contribution in [0.25, 0.3) is 0 Å². The Morgan fingerprint density at radius 1 is 1.27 bits per heavy atom. The van der Waals surface area contributed by atoms with E-state index in [1.807, 2.05) is 27.7 Å². The fraction of sp³-hybridized carbons (Fsp3) is 0.684. The Morgan fingerprint density at radius 2 is 1.88 bits per heavy atom. The SMILES string of the molecule is COC(=O)c1csc(C(O)[C@H]2CC[C@@H](NC(=O)OC(C)(C)C)CC2)c1C. The first kappa shape index (κ1) is 20.7. The number of thiophene rings is 1. The van der Waals surface area contributed by atoms with E-state index in [1.54, 1.807) is 5.38 Å². The fourth-order valence-corrected chi connectivity index (χ4v) is 4.44. The molecule has 1 atom stereocenters. The number of ether oxygens (including phenoxy) is 2. The molecule has 146 valence electrons. The minimum absolute atomic E-state index is 0.0726. The first-order chi connectivity index (χ1) is 12.1. The second kappa shape index (κ2) is 8.39. The van der Waals surface area contributed by atoms with E-state index in [2.05, 4.69) is 5.32 Å². The van der Waals surface area contributed by atoms with E-state index in [1.165, 1.54) is 18.4 Å². The molecule has 1 heterocycles. The summed E-state index contributed by atoms with van der Waals surface area (Å²) in [5, 5.41) is 15.4. The second-order valence-corrected chi connectivity index (χ2v) is 8.74. The van der Waals surface area contributed by atoms with Crippen LogP contribution in [0.2, 0.25) is 0 Å². The number of amides is 1. The Hall–Kier alpha value is -1.60. The predicted octanol–water partition coefficient (Wildman–Crippen LogP) is 3.96. The fourth-order valence-electron chi connectivity index (χ4n) is 3.30. The molecule has 0 radical (unpaired) electrons. The van der Waals surface area contributed by atoms with Gasteiger partial charge in [-0.25, -0.2) is 9.59 Å². The normalized spacial score (nSPS) is 21.8. The minimum atomic E-state index is -0.596. The van der Waals surface area contributed by atoms with Crippen LogP contribution in [0.1, 0.15) is 73.4 Å². The predicted molar refractivity (Wildman–Crippen MR) is 100 cm³/mol. The van der Waals surface area contributed by atoms with Crippen LogP contribution in [-0.4, -0.2) is 35.9 Å². The van der Waals surface area contributed by atoms with Gasteiger partial charge in [0.15, 0.2) is 0 Å². The van der Waals surface area contributed by atoms with Gasteiger partial charge in [0.05, 0.1) is 18.8 Å². The molecular formula is C19H29NO5S. The quantitative estimate of drug-likeness (QED) is 0.769. The second-order valence-electron chi connectivity index (χ2n) is 7.83. The minimum Gasteiger partial charge on any atom is -0.465 e. The molecule has 1 aromatic heterocycles. The van der Waals surface area contributed by atoms with Gasteiger partial charge in [-0.3, -0.25) is 0 Å². The van der Waals surface area contributed by atoms with Crippen molar-refractivity contribution in [3.63, 3.8) is 0 Å². The topological polar surface area (TPSA) is 84.9 Å². The van der Waals surface area contributed by atoms with Crippen LogP contribution >= 0.6 is 11.3 Å².